The number of carbonyl (C=O) groups is 3. The predicted molar refractivity (Wildman–Crippen MR) is 146 cm³/mol. The summed E-state index contributed by atoms with van der Waals surface area (Å²) in [6, 6.07) is 12.6. The molecule has 9 heteroatoms. The van der Waals surface area contributed by atoms with Crippen LogP contribution in [0, 0.1) is 6.92 Å². The molecule has 38 heavy (non-hydrogen) atoms. The Labute approximate surface area is 224 Å². The van der Waals surface area contributed by atoms with Crippen molar-refractivity contribution in [1.82, 2.24) is 4.98 Å². The van der Waals surface area contributed by atoms with Gasteiger partial charge < -0.3 is 14.6 Å². The van der Waals surface area contributed by atoms with E-state index < -0.39 is 17.7 Å². The molecule has 2 aromatic carbocycles. The van der Waals surface area contributed by atoms with Crippen LogP contribution in [-0.2, 0) is 9.59 Å². The van der Waals surface area contributed by atoms with Gasteiger partial charge >= 0.3 is 5.91 Å². The van der Waals surface area contributed by atoms with Crippen molar-refractivity contribution in [1.29, 1.82) is 0 Å². The van der Waals surface area contributed by atoms with Crippen LogP contribution in [0.3, 0.4) is 0 Å². The minimum absolute atomic E-state index is 0.0877. The zero-order chi connectivity index (χ0) is 27.4. The van der Waals surface area contributed by atoms with Gasteiger partial charge in [-0.15, -0.1) is 0 Å². The van der Waals surface area contributed by atoms with Crippen molar-refractivity contribution in [2.75, 3.05) is 18.1 Å². The third-order valence-electron chi connectivity index (χ3n) is 5.90. The number of aryl methyl sites for hydroxylation is 1. The number of nitrogens with zero attached hydrogens (tertiary/aromatic N) is 2. The maximum atomic E-state index is 13.4. The molecule has 1 aliphatic heterocycles. The average molecular weight is 533 g/mol. The van der Waals surface area contributed by atoms with E-state index in [2.05, 4.69) is 11.6 Å². The normalized spacial score (nSPS) is 16.5. The third kappa shape index (κ3) is 5.24. The Balaban J connectivity index is 1.87. The highest BCUT2D eigenvalue weighted by atomic mass is 32.1. The lowest BCUT2D eigenvalue weighted by atomic mass is 9.95. The Morgan fingerprint density at radius 2 is 1.89 bits per heavy atom. The summed E-state index contributed by atoms with van der Waals surface area (Å²) in [6.07, 6.45) is 2.45. The van der Waals surface area contributed by atoms with E-state index in [4.69, 9.17) is 9.47 Å². The smallest absolute Gasteiger partial charge is 0.301 e. The van der Waals surface area contributed by atoms with Crippen molar-refractivity contribution in [2.24, 2.45) is 0 Å². The molecule has 0 bridgehead atoms. The van der Waals surface area contributed by atoms with Gasteiger partial charge in [0.1, 0.15) is 23.9 Å². The molecule has 0 radical (unpaired) electrons. The molecule has 1 aliphatic rings. The molecule has 2 heterocycles. The van der Waals surface area contributed by atoms with E-state index in [9.17, 15) is 19.5 Å². The molecule has 1 amide bonds. The second-order valence-electron chi connectivity index (χ2n) is 8.68. The first kappa shape index (κ1) is 26.8. The molecule has 1 N–H and O–H groups in total. The first-order valence-electron chi connectivity index (χ1n) is 12.1. The van der Waals surface area contributed by atoms with Crippen LogP contribution in [0.5, 0.6) is 11.5 Å². The van der Waals surface area contributed by atoms with Crippen LogP contribution < -0.4 is 14.4 Å². The number of hydrogen-bond acceptors (Lipinski definition) is 8. The van der Waals surface area contributed by atoms with Gasteiger partial charge in [0.2, 0.25) is 0 Å². The summed E-state index contributed by atoms with van der Waals surface area (Å²) in [5, 5.41) is 11.5. The molecule has 0 saturated carbocycles. The van der Waals surface area contributed by atoms with E-state index in [1.54, 1.807) is 61.5 Å². The number of ketones is 2. The fraction of sp³-hybridized carbons (Fsp3) is 0.241. The highest BCUT2D eigenvalue weighted by Crippen LogP contribution is 2.44. The van der Waals surface area contributed by atoms with Gasteiger partial charge in [-0.25, -0.2) is 4.98 Å². The van der Waals surface area contributed by atoms with Crippen LogP contribution in [0.2, 0.25) is 0 Å². The molecule has 4 rings (SSSR count). The summed E-state index contributed by atoms with van der Waals surface area (Å²) in [4.78, 5) is 45.0. The average Bonchev–Trinajstić information content (AvgIpc) is 3.43. The summed E-state index contributed by atoms with van der Waals surface area (Å²) in [6.45, 7) is 9.57. The number of rotatable bonds is 10. The van der Waals surface area contributed by atoms with Gasteiger partial charge in [0, 0.05) is 12.5 Å². The maximum Gasteiger partial charge on any atom is 0.301 e. The minimum atomic E-state index is -0.997. The van der Waals surface area contributed by atoms with Crippen molar-refractivity contribution in [3.8, 4) is 11.5 Å². The van der Waals surface area contributed by atoms with Gasteiger partial charge in [-0.1, -0.05) is 43.0 Å². The lowest BCUT2D eigenvalue weighted by molar-refractivity contribution is -0.132. The lowest BCUT2D eigenvalue weighted by Gasteiger charge is -2.23. The molecule has 0 spiro atoms. The second-order valence-corrected chi connectivity index (χ2v) is 9.66. The Hall–Kier alpha value is -4.24. The van der Waals surface area contributed by atoms with E-state index in [1.807, 2.05) is 6.92 Å². The monoisotopic (exact) mass is 532 g/mol. The Morgan fingerprint density at radius 1 is 1.16 bits per heavy atom. The molecular weight excluding hydrogens is 504 g/mol. The van der Waals surface area contributed by atoms with Gasteiger partial charge in [-0.05, 0) is 55.3 Å². The first-order valence-corrected chi connectivity index (χ1v) is 12.9. The molecule has 1 saturated heterocycles. The van der Waals surface area contributed by atoms with Crippen LogP contribution in [0.1, 0.15) is 52.8 Å². The summed E-state index contributed by atoms with van der Waals surface area (Å²) >= 11 is 1.03. The SMILES string of the molecule is C=CCOc1cccc(C2C(=C(O)c3ccc(OCCC)cc3)C(=O)C(=O)N2c2nc(C)c(C(C)=O)s2)c1. The van der Waals surface area contributed by atoms with Crippen molar-refractivity contribution >= 4 is 39.7 Å². The van der Waals surface area contributed by atoms with Gasteiger partial charge in [-0.3, -0.25) is 19.3 Å². The van der Waals surface area contributed by atoms with Crippen LogP contribution in [0.4, 0.5) is 5.13 Å². The molecule has 1 aromatic heterocycles. The minimum Gasteiger partial charge on any atom is -0.507 e. The van der Waals surface area contributed by atoms with Gasteiger partial charge in [0.15, 0.2) is 10.9 Å². The highest BCUT2D eigenvalue weighted by molar-refractivity contribution is 7.18. The maximum absolute atomic E-state index is 13.4. The molecule has 0 aliphatic carbocycles. The van der Waals surface area contributed by atoms with Crippen molar-refractivity contribution < 1.29 is 29.0 Å². The highest BCUT2D eigenvalue weighted by Gasteiger charge is 2.48. The fourth-order valence-corrected chi connectivity index (χ4v) is 5.16. The number of amides is 1. The van der Waals surface area contributed by atoms with E-state index in [0.29, 0.717) is 39.8 Å². The van der Waals surface area contributed by atoms with E-state index >= 15 is 0 Å². The van der Waals surface area contributed by atoms with Gasteiger partial charge in [0.05, 0.1) is 28.8 Å². The number of aliphatic hydroxyl groups excluding tert-OH is 1. The largest absolute Gasteiger partial charge is 0.507 e. The summed E-state index contributed by atoms with van der Waals surface area (Å²) in [7, 11) is 0. The van der Waals surface area contributed by atoms with E-state index in [-0.39, 0.29) is 28.9 Å². The van der Waals surface area contributed by atoms with Crippen molar-refractivity contribution in [3.63, 3.8) is 0 Å². The van der Waals surface area contributed by atoms with Gasteiger partial charge in [0.25, 0.3) is 5.78 Å². The predicted octanol–water partition coefficient (Wildman–Crippen LogP) is 5.63. The standard InChI is InChI=1S/C29H28N2O6S/c1-5-14-36-21-12-10-19(11-13-21)25(33)23-24(20-8-7-9-22(16-20)37-15-6-2)31(28(35)26(23)34)29-30-17(3)27(38-29)18(4)32/h6-13,16,24,33H,2,5,14-15H2,1,3-4H3. The number of Topliss-reactive ketones (excluding diaryl/α,β-unsaturated/α-hetero) is 2. The van der Waals surface area contributed by atoms with Crippen molar-refractivity contribution in [3.05, 3.63) is 88.5 Å². The summed E-state index contributed by atoms with van der Waals surface area (Å²) in [5.41, 5.74) is 1.27. The second kappa shape index (κ2) is 11.4. The number of thiazole rings is 1. The Morgan fingerprint density at radius 3 is 2.53 bits per heavy atom. The number of ether oxygens (including phenoxy) is 2. The zero-order valence-corrected chi connectivity index (χ0v) is 22.2. The first-order chi connectivity index (χ1) is 18.3. The Kier molecular flexibility index (Phi) is 8.07. The number of anilines is 1. The Bertz CT molecular complexity index is 1420. The quantitative estimate of drug-likeness (QED) is 0.119. The molecule has 1 fully saturated rings. The van der Waals surface area contributed by atoms with Gasteiger partial charge in [-0.2, -0.15) is 0 Å². The zero-order valence-electron chi connectivity index (χ0n) is 21.4. The van der Waals surface area contributed by atoms with Crippen LogP contribution >= 0.6 is 11.3 Å². The lowest BCUT2D eigenvalue weighted by Crippen LogP contribution is -2.29. The van der Waals surface area contributed by atoms with E-state index in [1.165, 1.54) is 11.8 Å². The van der Waals surface area contributed by atoms with Crippen molar-refractivity contribution in [2.45, 2.75) is 33.2 Å². The van der Waals surface area contributed by atoms with Crippen LogP contribution in [0.15, 0.2) is 66.8 Å². The number of carbonyl (C=O) groups excluding carboxylic acids is 3. The topological polar surface area (TPSA) is 106 Å². The fourth-order valence-electron chi connectivity index (χ4n) is 4.17. The molecule has 1 unspecified atom stereocenters. The molecule has 8 nitrogen and oxygen atoms in total. The third-order valence-corrected chi connectivity index (χ3v) is 7.16. The molecule has 196 valence electrons. The molecule has 1 atom stereocenters. The molecular formula is C29H28N2O6S. The van der Waals surface area contributed by atoms with E-state index in [0.717, 1.165) is 17.8 Å². The number of aliphatic hydroxyl groups is 1. The molecule has 3 aromatic rings. The number of aromatic nitrogens is 1. The van der Waals surface area contributed by atoms with Crippen LogP contribution in [-0.4, -0.2) is 40.8 Å². The number of benzene rings is 2. The van der Waals surface area contributed by atoms with Crippen LogP contribution in [0.25, 0.3) is 5.76 Å². The number of hydrogen-bond donors (Lipinski definition) is 1. The summed E-state index contributed by atoms with van der Waals surface area (Å²) in [5.74, 6) is -1.08. The summed E-state index contributed by atoms with van der Waals surface area (Å²) < 4.78 is 11.3.